The number of carboxylic acid groups (broad SMARTS) is 2. The molecular formula is C29H26O19. The molecule has 19 heteroatoms. The fourth-order valence-electron chi connectivity index (χ4n) is 5.54. The monoisotopic (exact) mass is 678 g/mol. The van der Waals surface area contributed by atoms with Gasteiger partial charge in [-0.25, -0.2) is 19.2 Å². The molecule has 0 amide bonds. The number of hydrogen-bond donors (Lipinski definition) is 9. The predicted octanol–water partition coefficient (Wildman–Crippen LogP) is -1.57. The van der Waals surface area contributed by atoms with Crippen molar-refractivity contribution in [1.29, 1.82) is 0 Å². The number of carbonyl (C=O) groups excluding carboxylic acids is 3. The molecule has 19 nitrogen and oxygen atoms in total. The third-order valence-electron chi connectivity index (χ3n) is 7.82. The summed E-state index contributed by atoms with van der Waals surface area (Å²) in [6, 6.07) is 4.24. The standard InChI is InChI=1S/C29H26O19/c30-11-3-1-9(5-12(11)31)2-4-16(35)46-27-22(39)21(38)20(37)14(45-27)8-44-26(42)10-6-13(32)19(36)23-17(10)18-24(25(40)41)47-28(43)29(18,48-23)7-15(33)34/h1-6,14,18,20-22,24,27,30-32,36-39H,7-8H2,(H,33,34)(H,40,41)/b4-2+/t14-,18?,20-,21+,22-,24-,27+,29-/m1/s1. The lowest BCUT2D eigenvalue weighted by atomic mass is 9.78. The molecule has 256 valence electrons. The van der Waals surface area contributed by atoms with Crippen molar-refractivity contribution in [3.63, 3.8) is 0 Å². The molecule has 0 bridgehead atoms. The Bertz CT molecular complexity index is 1720. The predicted molar refractivity (Wildman–Crippen MR) is 148 cm³/mol. The molecule has 2 saturated heterocycles. The van der Waals surface area contributed by atoms with E-state index in [0.29, 0.717) is 6.07 Å². The topological polar surface area (TPSA) is 314 Å². The second-order valence-corrected chi connectivity index (χ2v) is 10.9. The van der Waals surface area contributed by atoms with Gasteiger partial charge >= 0.3 is 29.8 Å². The van der Waals surface area contributed by atoms with Crippen LogP contribution >= 0.6 is 0 Å². The second kappa shape index (κ2) is 12.5. The van der Waals surface area contributed by atoms with Gasteiger partial charge in [0.2, 0.25) is 23.7 Å². The minimum Gasteiger partial charge on any atom is -0.504 e. The minimum absolute atomic E-state index is 0.258. The van der Waals surface area contributed by atoms with Crippen LogP contribution in [0.5, 0.6) is 28.7 Å². The number of aromatic hydroxyl groups is 4. The molecule has 0 spiro atoms. The molecule has 0 aliphatic carbocycles. The van der Waals surface area contributed by atoms with Crippen LogP contribution in [0, 0.1) is 0 Å². The van der Waals surface area contributed by atoms with Crippen LogP contribution in [0.3, 0.4) is 0 Å². The number of phenolic OH excluding ortho intramolecular Hbond substituents is 4. The maximum atomic E-state index is 13.3. The van der Waals surface area contributed by atoms with Crippen LogP contribution in [0.25, 0.3) is 6.08 Å². The molecule has 3 aliphatic rings. The quantitative estimate of drug-likeness (QED) is 0.0626. The number of fused-ring (bicyclic) bond motifs is 3. The van der Waals surface area contributed by atoms with E-state index >= 15 is 0 Å². The summed E-state index contributed by atoms with van der Waals surface area (Å²) in [5.74, 6) is -12.9. The Morgan fingerprint density at radius 1 is 0.917 bits per heavy atom. The number of ether oxygens (including phenoxy) is 5. The number of phenols is 4. The number of hydrogen-bond acceptors (Lipinski definition) is 17. The number of carbonyl (C=O) groups is 5. The highest BCUT2D eigenvalue weighted by Crippen LogP contribution is 2.59. The van der Waals surface area contributed by atoms with Gasteiger partial charge < -0.3 is 69.6 Å². The molecule has 8 atom stereocenters. The van der Waals surface area contributed by atoms with Gasteiger partial charge in [-0.2, -0.15) is 0 Å². The summed E-state index contributed by atoms with van der Waals surface area (Å²) in [5.41, 5.74) is -3.56. The van der Waals surface area contributed by atoms with Crippen molar-refractivity contribution in [3.8, 4) is 28.7 Å². The molecule has 9 N–H and O–H groups in total. The van der Waals surface area contributed by atoms with Gasteiger partial charge in [-0.05, 0) is 29.8 Å². The van der Waals surface area contributed by atoms with Crippen molar-refractivity contribution in [1.82, 2.24) is 0 Å². The highest BCUT2D eigenvalue weighted by Gasteiger charge is 2.69. The number of esters is 3. The highest BCUT2D eigenvalue weighted by molar-refractivity contribution is 6.00. The smallest absolute Gasteiger partial charge is 0.352 e. The van der Waals surface area contributed by atoms with Crippen LogP contribution in [0.2, 0.25) is 0 Å². The molecule has 2 aromatic carbocycles. The van der Waals surface area contributed by atoms with E-state index in [0.717, 1.165) is 18.2 Å². The Morgan fingerprint density at radius 3 is 2.27 bits per heavy atom. The molecule has 48 heavy (non-hydrogen) atoms. The lowest BCUT2D eigenvalue weighted by molar-refractivity contribution is -0.290. The normalized spacial score (nSPS) is 29.0. The Morgan fingerprint density at radius 2 is 1.62 bits per heavy atom. The molecule has 2 fully saturated rings. The van der Waals surface area contributed by atoms with E-state index in [1.54, 1.807) is 0 Å². The average molecular weight is 679 g/mol. The second-order valence-electron chi connectivity index (χ2n) is 10.9. The number of cyclic esters (lactones) is 1. The number of rotatable bonds is 9. The van der Waals surface area contributed by atoms with Gasteiger partial charge in [-0.1, -0.05) is 6.07 Å². The molecule has 0 saturated carbocycles. The number of aliphatic hydroxyl groups is 3. The van der Waals surface area contributed by atoms with Crippen LogP contribution < -0.4 is 4.74 Å². The van der Waals surface area contributed by atoms with Crippen molar-refractivity contribution >= 4 is 35.9 Å². The van der Waals surface area contributed by atoms with Crippen LogP contribution in [-0.2, 0) is 38.1 Å². The van der Waals surface area contributed by atoms with Gasteiger partial charge in [0.25, 0.3) is 0 Å². The van der Waals surface area contributed by atoms with E-state index in [2.05, 4.69) is 0 Å². The first-order valence-electron chi connectivity index (χ1n) is 13.8. The molecule has 3 heterocycles. The summed E-state index contributed by atoms with van der Waals surface area (Å²) in [5, 5.41) is 89.9. The zero-order valence-corrected chi connectivity index (χ0v) is 24.0. The third-order valence-corrected chi connectivity index (χ3v) is 7.82. The number of aliphatic carboxylic acids is 2. The highest BCUT2D eigenvalue weighted by atomic mass is 16.7. The summed E-state index contributed by atoms with van der Waals surface area (Å²) in [7, 11) is 0. The molecule has 5 rings (SSSR count). The lowest BCUT2D eigenvalue weighted by Gasteiger charge is -2.39. The van der Waals surface area contributed by atoms with Crippen LogP contribution in [-0.4, -0.2) is 125 Å². The molecular weight excluding hydrogens is 652 g/mol. The molecule has 0 aromatic heterocycles. The maximum Gasteiger partial charge on any atom is 0.352 e. The lowest BCUT2D eigenvalue weighted by Crippen LogP contribution is -2.59. The molecule has 1 unspecified atom stereocenters. The first kappa shape index (κ1) is 33.7. The maximum absolute atomic E-state index is 13.3. The van der Waals surface area contributed by atoms with E-state index in [1.807, 2.05) is 0 Å². The summed E-state index contributed by atoms with van der Waals surface area (Å²) >= 11 is 0. The largest absolute Gasteiger partial charge is 0.504 e. The molecule has 3 aliphatic heterocycles. The summed E-state index contributed by atoms with van der Waals surface area (Å²) in [4.78, 5) is 62.1. The van der Waals surface area contributed by atoms with Crippen LogP contribution in [0.4, 0.5) is 0 Å². The van der Waals surface area contributed by atoms with Crippen molar-refractivity contribution < 1.29 is 93.6 Å². The van der Waals surface area contributed by atoms with Gasteiger partial charge in [0, 0.05) is 11.6 Å². The summed E-state index contributed by atoms with van der Waals surface area (Å²) in [6.07, 6.45) is -10.8. The fourth-order valence-corrected chi connectivity index (χ4v) is 5.54. The zero-order valence-electron chi connectivity index (χ0n) is 24.0. The van der Waals surface area contributed by atoms with Gasteiger partial charge in [0.1, 0.15) is 31.0 Å². The zero-order chi connectivity index (χ0) is 35.2. The first-order valence-corrected chi connectivity index (χ1v) is 13.8. The molecule has 2 aromatic rings. The number of benzene rings is 2. The Hall–Kier alpha value is -5.63. The van der Waals surface area contributed by atoms with Gasteiger partial charge in [-0.3, -0.25) is 4.79 Å². The Balaban J connectivity index is 1.35. The van der Waals surface area contributed by atoms with Gasteiger partial charge in [0.05, 0.1) is 17.9 Å². The van der Waals surface area contributed by atoms with Crippen molar-refractivity contribution in [2.45, 2.75) is 54.7 Å². The first-order chi connectivity index (χ1) is 22.5. The third kappa shape index (κ3) is 5.86. The van der Waals surface area contributed by atoms with E-state index < -0.39 is 131 Å². The Kier molecular flexibility index (Phi) is 8.80. The van der Waals surface area contributed by atoms with Crippen molar-refractivity contribution in [2.24, 2.45) is 0 Å². The fraction of sp³-hybridized carbons (Fsp3) is 0.345. The Labute approximate surface area is 267 Å². The number of carboxylic acids is 2. The van der Waals surface area contributed by atoms with E-state index in [-0.39, 0.29) is 5.56 Å². The average Bonchev–Trinajstić information content (AvgIpc) is 3.50. The van der Waals surface area contributed by atoms with E-state index in [4.69, 9.17) is 23.7 Å². The van der Waals surface area contributed by atoms with Crippen molar-refractivity contribution in [3.05, 3.63) is 47.0 Å². The number of aliphatic hydroxyl groups excluding tert-OH is 3. The minimum atomic E-state index is -2.56. The molecule has 0 radical (unpaired) electrons. The van der Waals surface area contributed by atoms with Crippen molar-refractivity contribution in [2.75, 3.05) is 6.61 Å². The van der Waals surface area contributed by atoms with E-state index in [1.165, 1.54) is 12.1 Å². The van der Waals surface area contributed by atoms with E-state index in [9.17, 15) is 69.9 Å². The van der Waals surface area contributed by atoms with Crippen LogP contribution in [0.15, 0.2) is 30.3 Å². The summed E-state index contributed by atoms with van der Waals surface area (Å²) < 4.78 is 25.8. The van der Waals surface area contributed by atoms with Gasteiger partial charge in [-0.15, -0.1) is 0 Å². The van der Waals surface area contributed by atoms with Crippen LogP contribution in [0.1, 0.15) is 33.8 Å². The van der Waals surface area contributed by atoms with Gasteiger partial charge in [0.15, 0.2) is 23.0 Å². The summed E-state index contributed by atoms with van der Waals surface area (Å²) in [6.45, 7) is -0.944. The SMILES string of the molecule is O=C(O)C[C@@]12Oc3c(O)c(O)cc(C(=O)OC[C@H]4O[C@@H](OC(=O)/C=C/c5ccc(O)c(O)c5)[C@H](O)[C@@H](O)[C@@H]4O)c3C1[C@H](C(=O)O)OC2=O.